The molecule has 0 atom stereocenters. The van der Waals surface area contributed by atoms with E-state index in [0.29, 0.717) is 5.69 Å². The maximum Gasteiger partial charge on any atom is 0.139 e. The first-order valence-electron chi connectivity index (χ1n) is 5.24. The predicted octanol–water partition coefficient (Wildman–Crippen LogP) is 3.26. The minimum Gasteiger partial charge on any atom is -0.506 e. The zero-order valence-electron chi connectivity index (χ0n) is 9.49. The highest BCUT2D eigenvalue weighted by Crippen LogP contribution is 2.30. The Bertz CT molecular complexity index is 532. The number of nitrogens with two attached hydrogens (primary N) is 1. The van der Waals surface area contributed by atoms with E-state index >= 15 is 0 Å². The molecular formula is C14H15NO. The van der Waals surface area contributed by atoms with Crippen molar-refractivity contribution in [1.82, 2.24) is 0 Å². The van der Waals surface area contributed by atoms with Crippen molar-refractivity contribution in [2.24, 2.45) is 0 Å². The van der Waals surface area contributed by atoms with Crippen molar-refractivity contribution >= 4 is 5.69 Å². The third kappa shape index (κ3) is 1.87. The minimum atomic E-state index is 0.137. The van der Waals surface area contributed by atoms with Gasteiger partial charge in [-0.1, -0.05) is 29.8 Å². The van der Waals surface area contributed by atoms with E-state index in [1.54, 1.807) is 12.1 Å². The molecule has 0 aliphatic rings. The first-order valence-corrected chi connectivity index (χ1v) is 5.24. The van der Waals surface area contributed by atoms with Crippen LogP contribution in [0, 0.1) is 13.8 Å². The Morgan fingerprint density at radius 2 is 1.75 bits per heavy atom. The Balaban J connectivity index is 2.54. The van der Waals surface area contributed by atoms with Crippen molar-refractivity contribution in [3.63, 3.8) is 0 Å². The van der Waals surface area contributed by atoms with Crippen molar-refractivity contribution in [2.75, 3.05) is 5.73 Å². The monoisotopic (exact) mass is 213 g/mol. The van der Waals surface area contributed by atoms with Crippen LogP contribution in [0.2, 0.25) is 0 Å². The number of hydrogen-bond acceptors (Lipinski definition) is 2. The zero-order chi connectivity index (χ0) is 11.7. The highest BCUT2D eigenvalue weighted by molar-refractivity contribution is 5.72. The molecule has 3 N–H and O–H groups in total. The number of aromatic hydroxyl groups is 1. The Morgan fingerprint density at radius 1 is 1.00 bits per heavy atom. The van der Waals surface area contributed by atoms with Gasteiger partial charge in [0.25, 0.3) is 0 Å². The van der Waals surface area contributed by atoms with Gasteiger partial charge < -0.3 is 10.8 Å². The smallest absolute Gasteiger partial charge is 0.139 e. The number of phenols is 1. The van der Waals surface area contributed by atoms with E-state index in [1.807, 2.05) is 6.07 Å². The third-order valence-electron chi connectivity index (χ3n) is 2.72. The third-order valence-corrected chi connectivity index (χ3v) is 2.72. The molecule has 0 radical (unpaired) electrons. The normalized spacial score (nSPS) is 10.4. The van der Waals surface area contributed by atoms with Crippen LogP contribution in [0.25, 0.3) is 11.1 Å². The Kier molecular flexibility index (Phi) is 2.57. The Hall–Kier alpha value is -1.96. The largest absolute Gasteiger partial charge is 0.506 e. The number of anilines is 1. The summed E-state index contributed by atoms with van der Waals surface area (Å²) in [6.07, 6.45) is 0. The van der Waals surface area contributed by atoms with Gasteiger partial charge in [-0.15, -0.1) is 0 Å². The van der Waals surface area contributed by atoms with E-state index in [2.05, 4.69) is 32.0 Å². The lowest BCUT2D eigenvalue weighted by Gasteiger charge is -2.08. The highest BCUT2D eigenvalue weighted by atomic mass is 16.3. The van der Waals surface area contributed by atoms with Crippen LogP contribution in [0.3, 0.4) is 0 Å². The standard InChI is InChI=1S/C14H15NO/c1-9-3-5-12(10(2)7-9)11-4-6-13(15)14(16)8-11/h3-8,16H,15H2,1-2H3. The number of nitrogen functional groups attached to an aromatic ring is 1. The maximum atomic E-state index is 9.58. The van der Waals surface area contributed by atoms with Crippen LogP contribution in [-0.4, -0.2) is 5.11 Å². The summed E-state index contributed by atoms with van der Waals surface area (Å²) in [5, 5.41) is 9.58. The Labute approximate surface area is 95.4 Å². The van der Waals surface area contributed by atoms with Crippen LogP contribution in [0.4, 0.5) is 5.69 Å². The average Bonchev–Trinajstić information content (AvgIpc) is 2.22. The summed E-state index contributed by atoms with van der Waals surface area (Å²) in [5.41, 5.74) is 10.5. The van der Waals surface area contributed by atoms with E-state index in [-0.39, 0.29) is 5.75 Å². The molecular weight excluding hydrogens is 198 g/mol. The molecule has 2 aromatic carbocycles. The molecule has 0 unspecified atom stereocenters. The number of phenolic OH excluding ortho intramolecular Hbond substituents is 1. The summed E-state index contributed by atoms with van der Waals surface area (Å²) in [6.45, 7) is 4.13. The molecule has 0 saturated heterocycles. The summed E-state index contributed by atoms with van der Waals surface area (Å²) in [7, 11) is 0. The minimum absolute atomic E-state index is 0.137. The van der Waals surface area contributed by atoms with Gasteiger partial charge in [-0.05, 0) is 42.7 Å². The van der Waals surface area contributed by atoms with Crippen LogP contribution in [-0.2, 0) is 0 Å². The van der Waals surface area contributed by atoms with Crippen molar-refractivity contribution in [2.45, 2.75) is 13.8 Å². The molecule has 0 aliphatic heterocycles. The molecule has 0 aliphatic carbocycles. The molecule has 16 heavy (non-hydrogen) atoms. The van der Waals surface area contributed by atoms with E-state index in [0.717, 1.165) is 11.1 Å². The van der Waals surface area contributed by atoms with Crippen LogP contribution in [0.1, 0.15) is 11.1 Å². The quantitative estimate of drug-likeness (QED) is 0.564. The summed E-state index contributed by atoms with van der Waals surface area (Å²) in [6, 6.07) is 11.6. The summed E-state index contributed by atoms with van der Waals surface area (Å²) in [4.78, 5) is 0. The van der Waals surface area contributed by atoms with E-state index < -0.39 is 0 Å². The number of hydrogen-bond donors (Lipinski definition) is 2. The first kappa shape index (κ1) is 10.6. The molecule has 2 aromatic rings. The molecule has 0 heterocycles. The molecule has 2 nitrogen and oxygen atoms in total. The second kappa shape index (κ2) is 3.89. The van der Waals surface area contributed by atoms with Crippen molar-refractivity contribution in [3.05, 3.63) is 47.5 Å². The lowest BCUT2D eigenvalue weighted by molar-refractivity contribution is 0.478. The molecule has 0 spiro atoms. The second-order valence-corrected chi connectivity index (χ2v) is 4.09. The molecule has 2 heteroatoms. The fraction of sp³-hybridized carbons (Fsp3) is 0.143. The molecule has 0 aromatic heterocycles. The molecule has 82 valence electrons. The highest BCUT2D eigenvalue weighted by Gasteiger charge is 2.04. The van der Waals surface area contributed by atoms with Gasteiger partial charge in [0.2, 0.25) is 0 Å². The lowest BCUT2D eigenvalue weighted by atomic mass is 9.98. The van der Waals surface area contributed by atoms with Gasteiger partial charge in [0.1, 0.15) is 5.75 Å². The fourth-order valence-corrected chi connectivity index (χ4v) is 1.85. The van der Waals surface area contributed by atoms with Gasteiger partial charge in [-0.2, -0.15) is 0 Å². The van der Waals surface area contributed by atoms with Crippen LogP contribution < -0.4 is 5.73 Å². The topological polar surface area (TPSA) is 46.2 Å². The predicted molar refractivity (Wildman–Crippen MR) is 67.4 cm³/mol. The maximum absolute atomic E-state index is 9.58. The van der Waals surface area contributed by atoms with Crippen molar-refractivity contribution in [1.29, 1.82) is 0 Å². The summed E-state index contributed by atoms with van der Waals surface area (Å²) >= 11 is 0. The van der Waals surface area contributed by atoms with Gasteiger partial charge in [0.15, 0.2) is 0 Å². The summed E-state index contributed by atoms with van der Waals surface area (Å²) in [5.74, 6) is 0.137. The van der Waals surface area contributed by atoms with Crippen LogP contribution in [0.5, 0.6) is 5.75 Å². The van der Waals surface area contributed by atoms with Gasteiger partial charge in [-0.25, -0.2) is 0 Å². The second-order valence-electron chi connectivity index (χ2n) is 4.09. The van der Waals surface area contributed by atoms with Crippen molar-refractivity contribution in [3.8, 4) is 16.9 Å². The van der Waals surface area contributed by atoms with E-state index in [4.69, 9.17) is 5.73 Å². The van der Waals surface area contributed by atoms with E-state index in [9.17, 15) is 5.11 Å². The van der Waals surface area contributed by atoms with Gasteiger partial charge in [0.05, 0.1) is 5.69 Å². The van der Waals surface area contributed by atoms with Crippen molar-refractivity contribution < 1.29 is 5.11 Å². The first-order chi connectivity index (χ1) is 7.58. The van der Waals surface area contributed by atoms with Gasteiger partial charge in [-0.3, -0.25) is 0 Å². The molecule has 0 bridgehead atoms. The molecule has 0 amide bonds. The SMILES string of the molecule is Cc1ccc(-c2ccc(N)c(O)c2)c(C)c1. The molecule has 0 fully saturated rings. The average molecular weight is 213 g/mol. The zero-order valence-corrected chi connectivity index (χ0v) is 9.49. The number of aryl methyl sites for hydroxylation is 2. The van der Waals surface area contributed by atoms with Gasteiger partial charge >= 0.3 is 0 Å². The number of benzene rings is 2. The van der Waals surface area contributed by atoms with Gasteiger partial charge in [0, 0.05) is 0 Å². The molecule has 0 saturated carbocycles. The van der Waals surface area contributed by atoms with Crippen LogP contribution >= 0.6 is 0 Å². The summed E-state index contributed by atoms with van der Waals surface area (Å²) < 4.78 is 0. The lowest BCUT2D eigenvalue weighted by Crippen LogP contribution is -1.88. The molecule has 2 rings (SSSR count). The van der Waals surface area contributed by atoms with E-state index in [1.165, 1.54) is 11.1 Å². The fourth-order valence-electron chi connectivity index (χ4n) is 1.85. The van der Waals surface area contributed by atoms with Crippen LogP contribution in [0.15, 0.2) is 36.4 Å². The Morgan fingerprint density at radius 3 is 2.38 bits per heavy atom. The number of rotatable bonds is 1.